The summed E-state index contributed by atoms with van der Waals surface area (Å²) in [5.74, 6) is -0.992. The summed E-state index contributed by atoms with van der Waals surface area (Å²) in [5.41, 5.74) is -1.81. The Hall–Kier alpha value is -5.13. The second-order valence-corrected chi connectivity index (χ2v) is 7.21. The van der Waals surface area contributed by atoms with Crippen molar-refractivity contribution < 1.29 is 29.4 Å². The predicted molar refractivity (Wildman–Crippen MR) is 119 cm³/mol. The van der Waals surface area contributed by atoms with Crippen molar-refractivity contribution in [3.05, 3.63) is 101 Å². The molecule has 3 aromatic rings. The summed E-state index contributed by atoms with van der Waals surface area (Å²) in [4.78, 5) is 44.4. The minimum atomic E-state index is -1.54. The summed E-state index contributed by atoms with van der Waals surface area (Å²) in [6, 6.07) is 10.3. The molecule has 0 unspecified atom stereocenters. The highest BCUT2D eigenvalue weighted by Gasteiger charge is 2.38. The van der Waals surface area contributed by atoms with Gasteiger partial charge in [-0.15, -0.1) is 0 Å². The van der Waals surface area contributed by atoms with Gasteiger partial charge in [-0.1, -0.05) is 12.1 Å². The number of nitro benzene ring substituents is 3. The zero-order chi connectivity index (χ0) is 24.7. The molecule has 12 nitrogen and oxygen atoms in total. The monoisotopic (exact) mass is 463 g/mol. The number of rotatable bonds is 6. The molecule has 0 fully saturated rings. The first-order valence-corrected chi connectivity index (χ1v) is 9.51. The van der Waals surface area contributed by atoms with Gasteiger partial charge in [0.05, 0.1) is 39.1 Å². The number of non-ortho nitro benzene ring substituents is 2. The van der Waals surface area contributed by atoms with Gasteiger partial charge >= 0.3 is 5.97 Å². The predicted octanol–water partition coefficient (Wildman–Crippen LogP) is 4.69. The standard InChI is InChI=1S/C22H13N3O9/c1-34-14-4-2-11(3-5-14)6-15-16-7-12(23(28)29)9-18(22(26)27)20(16)21-17(15)8-13(24(30)31)10-19(21)25(32)33/h2-10H,1H3,(H,26,27). The van der Waals surface area contributed by atoms with E-state index in [0.717, 1.165) is 24.3 Å². The van der Waals surface area contributed by atoms with Gasteiger partial charge in [0.1, 0.15) is 5.75 Å². The SMILES string of the molecule is COc1ccc(C=C2c3cc([N+](=O)[O-])cc(C(=O)O)c3-c3c2cc([N+](=O)[O-])cc3[N+](=O)[O-])cc1. The van der Waals surface area contributed by atoms with E-state index in [4.69, 9.17) is 4.74 Å². The number of methoxy groups -OCH3 is 1. The number of benzene rings is 3. The molecular formula is C22H13N3O9. The van der Waals surface area contributed by atoms with E-state index in [-0.39, 0.29) is 27.8 Å². The Balaban J connectivity index is 2.15. The van der Waals surface area contributed by atoms with E-state index in [1.54, 1.807) is 24.3 Å². The molecule has 12 heteroatoms. The van der Waals surface area contributed by atoms with Crippen LogP contribution in [0.1, 0.15) is 27.0 Å². The molecule has 3 aromatic carbocycles. The third-order valence-electron chi connectivity index (χ3n) is 5.33. The van der Waals surface area contributed by atoms with Gasteiger partial charge in [-0.2, -0.15) is 0 Å². The van der Waals surface area contributed by atoms with Crippen LogP contribution in [0.5, 0.6) is 5.75 Å². The Morgan fingerprint density at radius 1 is 0.853 bits per heavy atom. The van der Waals surface area contributed by atoms with E-state index in [1.807, 2.05) is 0 Å². The van der Waals surface area contributed by atoms with E-state index in [1.165, 1.54) is 13.2 Å². The molecule has 1 N–H and O–H groups in total. The molecule has 0 saturated carbocycles. The van der Waals surface area contributed by atoms with Crippen LogP contribution in [0.15, 0.2) is 48.5 Å². The van der Waals surface area contributed by atoms with Crippen LogP contribution < -0.4 is 4.74 Å². The molecule has 4 rings (SSSR count). The highest BCUT2D eigenvalue weighted by molar-refractivity contribution is 6.14. The molecular weight excluding hydrogens is 450 g/mol. The van der Waals surface area contributed by atoms with Gasteiger partial charge in [-0.3, -0.25) is 30.3 Å². The number of ether oxygens (including phenoxy) is 1. The fraction of sp³-hybridized carbons (Fsp3) is 0.0455. The normalized spacial score (nSPS) is 12.7. The average Bonchev–Trinajstić information content (AvgIpc) is 3.11. The van der Waals surface area contributed by atoms with Crippen molar-refractivity contribution in [2.24, 2.45) is 0 Å². The number of nitro groups is 3. The molecule has 34 heavy (non-hydrogen) atoms. The number of carbonyl (C=O) groups is 1. The smallest absolute Gasteiger partial charge is 0.336 e. The van der Waals surface area contributed by atoms with Gasteiger partial charge in [0.2, 0.25) is 0 Å². The van der Waals surface area contributed by atoms with E-state index >= 15 is 0 Å². The van der Waals surface area contributed by atoms with Crippen LogP contribution in [0.3, 0.4) is 0 Å². The molecule has 0 bridgehead atoms. The number of fused-ring (bicyclic) bond motifs is 3. The zero-order valence-corrected chi connectivity index (χ0v) is 17.3. The molecule has 0 aromatic heterocycles. The molecule has 0 spiro atoms. The summed E-state index contributed by atoms with van der Waals surface area (Å²) >= 11 is 0. The summed E-state index contributed by atoms with van der Waals surface area (Å²) in [7, 11) is 1.47. The highest BCUT2D eigenvalue weighted by Crippen LogP contribution is 2.53. The Morgan fingerprint density at radius 2 is 1.41 bits per heavy atom. The van der Waals surface area contributed by atoms with Gasteiger partial charge in [0, 0.05) is 29.3 Å². The number of carboxylic acid groups (broad SMARTS) is 1. The quantitative estimate of drug-likeness (QED) is 0.314. The Labute approximate surface area is 189 Å². The summed E-state index contributed by atoms with van der Waals surface area (Å²) in [6.45, 7) is 0. The molecule has 1 aliphatic rings. The number of nitrogens with zero attached hydrogens (tertiary/aromatic N) is 3. The van der Waals surface area contributed by atoms with Crippen molar-refractivity contribution >= 4 is 34.7 Å². The molecule has 0 heterocycles. The largest absolute Gasteiger partial charge is 0.497 e. The van der Waals surface area contributed by atoms with E-state index in [2.05, 4.69) is 0 Å². The lowest BCUT2D eigenvalue weighted by molar-refractivity contribution is -0.393. The van der Waals surface area contributed by atoms with Crippen molar-refractivity contribution in [2.45, 2.75) is 0 Å². The molecule has 0 amide bonds. The molecule has 0 atom stereocenters. The average molecular weight is 463 g/mol. The molecule has 0 radical (unpaired) electrons. The van der Waals surface area contributed by atoms with Crippen LogP contribution in [0.2, 0.25) is 0 Å². The number of hydrogen-bond acceptors (Lipinski definition) is 8. The lowest BCUT2D eigenvalue weighted by atomic mass is 9.96. The van der Waals surface area contributed by atoms with Gasteiger partial charge < -0.3 is 9.84 Å². The zero-order valence-electron chi connectivity index (χ0n) is 17.3. The molecule has 1 aliphatic carbocycles. The highest BCUT2D eigenvalue weighted by atomic mass is 16.6. The maximum Gasteiger partial charge on any atom is 0.336 e. The summed E-state index contributed by atoms with van der Waals surface area (Å²) in [5, 5.41) is 44.5. The van der Waals surface area contributed by atoms with Crippen LogP contribution in [-0.2, 0) is 0 Å². The van der Waals surface area contributed by atoms with Gasteiger partial charge in [-0.05, 0) is 34.9 Å². The van der Waals surface area contributed by atoms with E-state index in [9.17, 15) is 40.2 Å². The van der Waals surface area contributed by atoms with Crippen LogP contribution in [0.25, 0.3) is 22.8 Å². The lowest BCUT2D eigenvalue weighted by Gasteiger charge is -2.07. The Bertz CT molecular complexity index is 1360. The van der Waals surface area contributed by atoms with Gasteiger partial charge in [0.25, 0.3) is 17.1 Å². The fourth-order valence-electron chi connectivity index (χ4n) is 3.89. The summed E-state index contributed by atoms with van der Waals surface area (Å²) < 4.78 is 5.11. The van der Waals surface area contributed by atoms with Crippen molar-refractivity contribution in [2.75, 3.05) is 7.11 Å². The van der Waals surface area contributed by atoms with Crippen molar-refractivity contribution in [3.63, 3.8) is 0 Å². The van der Waals surface area contributed by atoms with Crippen molar-refractivity contribution in [3.8, 4) is 16.9 Å². The second-order valence-electron chi connectivity index (χ2n) is 7.21. The fourth-order valence-corrected chi connectivity index (χ4v) is 3.89. The van der Waals surface area contributed by atoms with Gasteiger partial charge in [-0.25, -0.2) is 4.79 Å². The molecule has 0 saturated heterocycles. The van der Waals surface area contributed by atoms with Crippen molar-refractivity contribution in [1.82, 2.24) is 0 Å². The second kappa shape index (κ2) is 8.09. The maximum absolute atomic E-state index is 12.0. The number of hydrogen-bond donors (Lipinski definition) is 1. The summed E-state index contributed by atoms with van der Waals surface area (Å²) in [6.07, 6.45) is 1.52. The topological polar surface area (TPSA) is 176 Å². The van der Waals surface area contributed by atoms with Crippen LogP contribution in [0.4, 0.5) is 17.1 Å². The van der Waals surface area contributed by atoms with Crippen LogP contribution >= 0.6 is 0 Å². The number of aromatic carboxylic acids is 1. The van der Waals surface area contributed by atoms with E-state index in [0.29, 0.717) is 11.3 Å². The Kier molecular flexibility index (Phi) is 5.25. The number of carboxylic acids is 1. The minimum absolute atomic E-state index is 0.0229. The third-order valence-corrected chi connectivity index (χ3v) is 5.33. The van der Waals surface area contributed by atoms with Gasteiger partial charge in [0.15, 0.2) is 0 Å². The van der Waals surface area contributed by atoms with E-state index < -0.39 is 43.4 Å². The Morgan fingerprint density at radius 3 is 1.91 bits per heavy atom. The molecule has 0 aliphatic heterocycles. The van der Waals surface area contributed by atoms with Crippen LogP contribution in [0, 0.1) is 30.3 Å². The first kappa shape index (κ1) is 22.1. The van der Waals surface area contributed by atoms with Crippen LogP contribution in [-0.4, -0.2) is 33.0 Å². The molecule has 170 valence electrons. The first-order chi connectivity index (χ1) is 16.1. The first-order valence-electron chi connectivity index (χ1n) is 9.51. The lowest BCUT2D eigenvalue weighted by Crippen LogP contribution is -2.03. The minimum Gasteiger partial charge on any atom is -0.497 e. The maximum atomic E-state index is 12.0. The third kappa shape index (κ3) is 3.58. The van der Waals surface area contributed by atoms with Crippen molar-refractivity contribution in [1.29, 1.82) is 0 Å².